The monoisotopic (exact) mass is 696 g/mol. The fourth-order valence-corrected chi connectivity index (χ4v) is 6.37. The van der Waals surface area contributed by atoms with Gasteiger partial charge in [0.1, 0.15) is 38.8 Å². The maximum absolute atomic E-state index is 13.1. The van der Waals surface area contributed by atoms with Gasteiger partial charge >= 0.3 is 0 Å². The van der Waals surface area contributed by atoms with Gasteiger partial charge in [-0.1, -0.05) is 32.5 Å². The molecule has 1 aliphatic heterocycles. The number of oxazole rings is 1. The average Bonchev–Trinajstić information content (AvgIpc) is 3.57. The van der Waals surface area contributed by atoms with Crippen LogP contribution in [0.5, 0.6) is 0 Å². The van der Waals surface area contributed by atoms with Crippen LogP contribution in [0, 0.1) is 0 Å². The van der Waals surface area contributed by atoms with Crippen molar-refractivity contribution in [1.82, 2.24) is 19.3 Å². The van der Waals surface area contributed by atoms with E-state index in [-0.39, 0.29) is 6.04 Å². The molecule has 1 saturated heterocycles. The first kappa shape index (κ1) is 32.3. The topological polar surface area (TPSA) is 107 Å². The lowest BCUT2D eigenvalue weighted by Crippen LogP contribution is -2.42. The van der Waals surface area contributed by atoms with Crippen molar-refractivity contribution in [2.75, 3.05) is 19.8 Å². The van der Waals surface area contributed by atoms with Crippen LogP contribution in [0.25, 0.3) is 0 Å². The van der Waals surface area contributed by atoms with E-state index in [0.717, 1.165) is 42.2 Å². The lowest BCUT2D eigenvalue weighted by molar-refractivity contribution is -0.187. The molecule has 0 saturated carbocycles. The van der Waals surface area contributed by atoms with Crippen LogP contribution in [0.15, 0.2) is 26.1 Å². The molecule has 1 N–H and O–H groups in total. The summed E-state index contributed by atoms with van der Waals surface area (Å²) in [5.74, 6) is 0.378. The molecule has 2 aromatic heterocycles. The molecule has 0 aromatic carbocycles. The van der Waals surface area contributed by atoms with Crippen molar-refractivity contribution in [3.8, 4) is 0 Å². The highest BCUT2D eigenvalue weighted by Gasteiger charge is 2.42. The molecular weight excluding hydrogens is 656 g/mol. The molecule has 2 unspecified atom stereocenters. The fourth-order valence-electron chi connectivity index (χ4n) is 4.01. The van der Waals surface area contributed by atoms with E-state index in [0.29, 0.717) is 43.5 Å². The summed E-state index contributed by atoms with van der Waals surface area (Å²) < 4.78 is 43.0. The average molecular weight is 699 g/mol. The van der Waals surface area contributed by atoms with Gasteiger partial charge in [0.05, 0.1) is 19.4 Å². The molecule has 1 aliphatic rings. The molecule has 13 heteroatoms. The van der Waals surface area contributed by atoms with E-state index in [4.69, 9.17) is 23.6 Å². The van der Waals surface area contributed by atoms with Gasteiger partial charge in [0, 0.05) is 32.5 Å². The number of rotatable bonds is 15. The van der Waals surface area contributed by atoms with Crippen LogP contribution in [0.1, 0.15) is 70.6 Å². The van der Waals surface area contributed by atoms with Gasteiger partial charge in [-0.3, -0.25) is 4.57 Å². The Hall–Kier alpha value is -0.253. The van der Waals surface area contributed by atoms with Crippen LogP contribution in [0.4, 0.5) is 0 Å². The van der Waals surface area contributed by atoms with Crippen molar-refractivity contribution in [3.05, 3.63) is 33.4 Å². The third kappa shape index (κ3) is 9.13. The van der Waals surface area contributed by atoms with Gasteiger partial charge in [0.2, 0.25) is 5.79 Å². The fraction of sp³-hybridized carbons (Fsp3) is 0.760. The number of ether oxygens (including phenoxy) is 3. The predicted octanol–water partition coefficient (Wildman–Crippen LogP) is 6.65. The molecule has 2 aromatic rings. The van der Waals surface area contributed by atoms with Gasteiger partial charge in [0.25, 0.3) is 5.89 Å². The van der Waals surface area contributed by atoms with Crippen LogP contribution in [0.2, 0.25) is 25.7 Å². The zero-order valence-corrected chi connectivity index (χ0v) is 28.3. The molecular formula is C25H42Br2N4O5SSi. The Bertz CT molecular complexity index is 991. The smallest absolute Gasteiger partial charge is 0.255 e. The summed E-state index contributed by atoms with van der Waals surface area (Å²) in [6.07, 6.45) is 7.29. The summed E-state index contributed by atoms with van der Waals surface area (Å²) in [5, 5.41) is 0. The molecule has 3 heterocycles. The van der Waals surface area contributed by atoms with Gasteiger partial charge in [-0.05, 0) is 71.5 Å². The molecule has 0 spiro atoms. The Morgan fingerprint density at radius 3 is 2.53 bits per heavy atom. The van der Waals surface area contributed by atoms with Gasteiger partial charge in [-0.25, -0.2) is 9.97 Å². The minimum Gasteiger partial charge on any atom is -0.598 e. The van der Waals surface area contributed by atoms with Crippen molar-refractivity contribution >= 4 is 51.3 Å². The van der Waals surface area contributed by atoms with Crippen molar-refractivity contribution in [1.29, 1.82) is 0 Å². The second-order valence-corrected chi connectivity index (χ2v) is 20.9. The van der Waals surface area contributed by atoms with Crippen molar-refractivity contribution in [3.63, 3.8) is 0 Å². The van der Waals surface area contributed by atoms with Crippen molar-refractivity contribution < 1.29 is 23.2 Å². The highest BCUT2D eigenvalue weighted by Crippen LogP contribution is 2.36. The summed E-state index contributed by atoms with van der Waals surface area (Å²) >= 11 is 5.96. The highest BCUT2D eigenvalue weighted by molar-refractivity contribution is 9.13. The number of unbranched alkanes of at least 4 members (excludes halogenated alkanes) is 2. The molecule has 9 nitrogen and oxygen atoms in total. The van der Waals surface area contributed by atoms with Gasteiger partial charge in [-0.15, -0.1) is 4.72 Å². The van der Waals surface area contributed by atoms with Crippen LogP contribution in [-0.2, 0) is 38.1 Å². The first-order valence-electron chi connectivity index (χ1n) is 13.2. The quantitative estimate of drug-likeness (QED) is 0.125. The summed E-state index contributed by atoms with van der Waals surface area (Å²) in [6, 6.07) is 0.881. The van der Waals surface area contributed by atoms with Gasteiger partial charge < -0.3 is 23.2 Å². The van der Waals surface area contributed by atoms with Crippen LogP contribution < -0.4 is 4.72 Å². The lowest BCUT2D eigenvalue weighted by Gasteiger charge is -2.28. The first-order valence-corrected chi connectivity index (χ1v) is 19.6. The highest BCUT2D eigenvalue weighted by atomic mass is 79.9. The van der Waals surface area contributed by atoms with Crippen LogP contribution >= 0.6 is 31.9 Å². The molecule has 1 fully saturated rings. The summed E-state index contributed by atoms with van der Waals surface area (Å²) in [5.41, 5.74) is 0. The zero-order valence-electron chi connectivity index (χ0n) is 23.4. The molecule has 0 aliphatic carbocycles. The number of aromatic nitrogens is 3. The number of nitrogens with zero attached hydrogens (tertiary/aromatic N) is 3. The van der Waals surface area contributed by atoms with Crippen LogP contribution in [0.3, 0.4) is 0 Å². The number of hydrogen-bond donors (Lipinski definition) is 1. The Morgan fingerprint density at radius 2 is 1.92 bits per heavy atom. The summed E-state index contributed by atoms with van der Waals surface area (Å²) in [6.45, 7) is 15.1. The van der Waals surface area contributed by atoms with Crippen LogP contribution in [-0.4, -0.2) is 51.7 Å². The van der Waals surface area contributed by atoms with E-state index in [1.165, 1.54) is 0 Å². The molecule has 2 atom stereocenters. The SMILES string of the molecule is CC(C)(C)[S+]([O-])NC(CCCCCC1(c2ncco2)OCCO1)c1nc(Br)c(Br)n1COCC[Si](C)(C)C. The maximum Gasteiger partial charge on any atom is 0.255 e. The van der Waals surface area contributed by atoms with E-state index in [1.807, 2.05) is 25.3 Å². The minimum absolute atomic E-state index is 0.210. The van der Waals surface area contributed by atoms with Gasteiger partial charge in [-0.2, -0.15) is 0 Å². The second kappa shape index (κ2) is 14.1. The Labute approximate surface area is 247 Å². The largest absolute Gasteiger partial charge is 0.598 e. The lowest BCUT2D eigenvalue weighted by atomic mass is 10.0. The van der Waals surface area contributed by atoms with E-state index in [2.05, 4.69) is 61.2 Å². The number of hydrogen-bond acceptors (Lipinski definition) is 8. The standard InChI is InChI=1S/C25H42Br2N4O5SSi/c1-24(2,3)37(32)30-19(22-29-20(26)21(27)31(22)18-33-16-17-38(4,5)6)10-8-7-9-11-25(35-14-15-36-25)23-28-12-13-34-23/h12-13,19,30H,7-11,14-18H2,1-6H3. The van der Waals surface area contributed by atoms with Crippen molar-refractivity contribution in [2.45, 2.75) is 102 Å². The molecule has 0 radical (unpaired) electrons. The maximum atomic E-state index is 13.1. The normalized spacial score (nSPS) is 17.7. The van der Waals surface area contributed by atoms with E-state index in [9.17, 15) is 4.55 Å². The molecule has 38 heavy (non-hydrogen) atoms. The summed E-state index contributed by atoms with van der Waals surface area (Å²) in [7, 11) is -1.19. The Balaban J connectivity index is 1.65. The number of halogens is 2. The van der Waals surface area contributed by atoms with Gasteiger partial charge in [0.15, 0.2) is 0 Å². The Kier molecular flexibility index (Phi) is 12.0. The minimum atomic E-state index is -1.26. The van der Waals surface area contributed by atoms with Crippen molar-refractivity contribution in [2.24, 2.45) is 0 Å². The second-order valence-electron chi connectivity index (χ2n) is 11.8. The molecule has 0 amide bonds. The number of nitrogens with one attached hydrogen (secondary N) is 1. The number of imidazole rings is 1. The summed E-state index contributed by atoms with van der Waals surface area (Å²) in [4.78, 5) is 9.05. The third-order valence-corrected chi connectivity index (χ3v) is 11.4. The molecule has 216 valence electrons. The zero-order chi connectivity index (χ0) is 28.0. The molecule has 0 bridgehead atoms. The first-order chi connectivity index (χ1) is 17.8. The predicted molar refractivity (Wildman–Crippen MR) is 159 cm³/mol. The van der Waals surface area contributed by atoms with E-state index in [1.54, 1.807) is 12.5 Å². The van der Waals surface area contributed by atoms with E-state index < -0.39 is 30.0 Å². The Morgan fingerprint density at radius 1 is 1.21 bits per heavy atom. The van der Waals surface area contributed by atoms with E-state index >= 15 is 0 Å². The molecule has 3 rings (SSSR count). The third-order valence-electron chi connectivity index (χ3n) is 6.24.